The lowest BCUT2D eigenvalue weighted by Crippen LogP contribution is -2.47. The van der Waals surface area contributed by atoms with Gasteiger partial charge in [-0.1, -0.05) is 26.0 Å². The molecule has 4 nitrogen and oxygen atoms in total. The van der Waals surface area contributed by atoms with Crippen LogP contribution in [0.1, 0.15) is 20.3 Å². The van der Waals surface area contributed by atoms with Gasteiger partial charge < -0.3 is 15.4 Å². The number of para-hydroxylation sites is 2. The molecule has 0 heterocycles. The molecule has 0 bridgehead atoms. The molecule has 1 amide bonds. The Labute approximate surface area is 121 Å². The number of carbonyl (C=O) groups is 1. The minimum atomic E-state index is -4.48. The zero-order valence-electron chi connectivity index (χ0n) is 12.1. The van der Waals surface area contributed by atoms with Gasteiger partial charge in [-0.15, -0.1) is 0 Å². The molecule has 21 heavy (non-hydrogen) atoms. The Morgan fingerprint density at radius 2 is 1.90 bits per heavy atom. The first-order valence-corrected chi connectivity index (χ1v) is 6.49. The lowest BCUT2D eigenvalue weighted by molar-refractivity contribution is -0.161. The molecule has 1 aromatic carbocycles. The van der Waals surface area contributed by atoms with Crippen LogP contribution >= 0.6 is 0 Å². The molecular formula is C14H19F3N2O2. The highest BCUT2D eigenvalue weighted by molar-refractivity contribution is 5.92. The molecule has 1 unspecified atom stereocenters. The molecule has 0 aromatic heterocycles. The Balaban J connectivity index is 2.74. The third-order valence-electron chi connectivity index (χ3n) is 2.70. The monoisotopic (exact) mass is 304 g/mol. The molecule has 118 valence electrons. The fourth-order valence-corrected chi connectivity index (χ4v) is 1.81. The van der Waals surface area contributed by atoms with Gasteiger partial charge in [0.2, 0.25) is 5.91 Å². The lowest BCUT2D eigenvalue weighted by atomic mass is 10.1. The Hall–Kier alpha value is -1.76. The standard InChI is InChI=1S/C14H19F3N2O2/c1-9(2)18-12(14(15,16)17)8-13(20)19-10-6-4-5-7-11(10)21-3/h4-7,9,12,18H,8H2,1-3H3,(H,19,20). The van der Waals surface area contributed by atoms with E-state index in [-0.39, 0.29) is 6.04 Å². The van der Waals surface area contributed by atoms with Crippen LogP contribution in [0.4, 0.5) is 18.9 Å². The van der Waals surface area contributed by atoms with E-state index >= 15 is 0 Å². The van der Waals surface area contributed by atoms with E-state index in [0.717, 1.165) is 0 Å². The number of hydrogen-bond acceptors (Lipinski definition) is 3. The van der Waals surface area contributed by atoms with Gasteiger partial charge >= 0.3 is 6.18 Å². The van der Waals surface area contributed by atoms with Gasteiger partial charge in [-0.05, 0) is 12.1 Å². The summed E-state index contributed by atoms with van der Waals surface area (Å²) >= 11 is 0. The first kappa shape index (κ1) is 17.3. The summed E-state index contributed by atoms with van der Waals surface area (Å²) in [5.41, 5.74) is 0.343. The van der Waals surface area contributed by atoms with Crippen molar-refractivity contribution in [3.8, 4) is 5.75 Å². The normalized spacial score (nSPS) is 13.1. The molecule has 0 spiro atoms. The molecule has 1 aromatic rings. The van der Waals surface area contributed by atoms with Gasteiger partial charge in [-0.25, -0.2) is 0 Å². The molecule has 0 radical (unpaired) electrons. The maximum Gasteiger partial charge on any atom is 0.404 e. The molecule has 2 N–H and O–H groups in total. The van der Waals surface area contributed by atoms with E-state index in [1.165, 1.54) is 7.11 Å². The zero-order valence-corrected chi connectivity index (χ0v) is 12.1. The predicted octanol–water partition coefficient (Wildman–Crippen LogP) is 2.95. The second-order valence-corrected chi connectivity index (χ2v) is 4.87. The largest absolute Gasteiger partial charge is 0.495 e. The molecule has 0 fully saturated rings. The van der Waals surface area contributed by atoms with Gasteiger partial charge in [0.15, 0.2) is 0 Å². The number of anilines is 1. The van der Waals surface area contributed by atoms with E-state index in [4.69, 9.17) is 4.74 Å². The highest BCUT2D eigenvalue weighted by atomic mass is 19.4. The topological polar surface area (TPSA) is 50.4 Å². The second-order valence-electron chi connectivity index (χ2n) is 4.87. The summed E-state index contributed by atoms with van der Waals surface area (Å²) in [6.45, 7) is 3.19. The van der Waals surface area contributed by atoms with Crippen molar-refractivity contribution < 1.29 is 22.7 Å². The van der Waals surface area contributed by atoms with Gasteiger partial charge in [0.05, 0.1) is 19.2 Å². The molecule has 1 atom stereocenters. The van der Waals surface area contributed by atoms with Crippen molar-refractivity contribution in [2.24, 2.45) is 0 Å². The highest BCUT2D eigenvalue weighted by Crippen LogP contribution is 2.26. The van der Waals surface area contributed by atoms with Crippen LogP contribution in [0.25, 0.3) is 0 Å². The Morgan fingerprint density at radius 1 is 1.29 bits per heavy atom. The number of ether oxygens (including phenoxy) is 1. The predicted molar refractivity (Wildman–Crippen MR) is 74.4 cm³/mol. The van der Waals surface area contributed by atoms with Crippen LogP contribution in [0.15, 0.2) is 24.3 Å². The van der Waals surface area contributed by atoms with Crippen LogP contribution in [0.5, 0.6) is 5.75 Å². The van der Waals surface area contributed by atoms with E-state index in [1.807, 2.05) is 0 Å². The van der Waals surface area contributed by atoms with Crippen molar-refractivity contribution in [2.45, 2.75) is 38.5 Å². The summed E-state index contributed by atoms with van der Waals surface area (Å²) in [5, 5.41) is 4.78. The van der Waals surface area contributed by atoms with Crippen LogP contribution in [0, 0.1) is 0 Å². The molecular weight excluding hydrogens is 285 g/mol. The average molecular weight is 304 g/mol. The molecule has 0 aliphatic rings. The van der Waals surface area contributed by atoms with Crippen molar-refractivity contribution in [3.05, 3.63) is 24.3 Å². The summed E-state index contributed by atoms with van der Waals surface area (Å²) in [6, 6.07) is 4.28. The van der Waals surface area contributed by atoms with Crippen LogP contribution in [-0.2, 0) is 4.79 Å². The second kappa shape index (κ2) is 7.31. The number of benzene rings is 1. The third kappa shape index (κ3) is 5.63. The maximum absolute atomic E-state index is 12.9. The summed E-state index contributed by atoms with van der Waals surface area (Å²) in [4.78, 5) is 11.8. The van der Waals surface area contributed by atoms with Gasteiger partial charge in [-0.3, -0.25) is 4.79 Å². The van der Waals surface area contributed by atoms with Crippen molar-refractivity contribution in [3.63, 3.8) is 0 Å². The van der Waals surface area contributed by atoms with E-state index in [0.29, 0.717) is 11.4 Å². The summed E-state index contributed by atoms with van der Waals surface area (Å²) < 4.78 is 43.6. The number of halogens is 3. The quantitative estimate of drug-likeness (QED) is 0.849. The van der Waals surface area contributed by atoms with Crippen LogP contribution in [0.3, 0.4) is 0 Å². The van der Waals surface area contributed by atoms with Gasteiger partial charge in [0.25, 0.3) is 0 Å². The van der Waals surface area contributed by atoms with Crippen molar-refractivity contribution in [2.75, 3.05) is 12.4 Å². The first-order chi connectivity index (χ1) is 9.74. The number of amides is 1. The molecule has 0 saturated carbocycles. The summed E-state index contributed by atoms with van der Waals surface area (Å²) in [5.74, 6) is -0.332. The van der Waals surface area contributed by atoms with Gasteiger partial charge in [0, 0.05) is 6.04 Å². The maximum atomic E-state index is 12.9. The Bertz CT molecular complexity index is 476. The minimum absolute atomic E-state index is 0.343. The van der Waals surface area contributed by atoms with Crippen LogP contribution in [-0.4, -0.2) is 31.3 Å². The van der Waals surface area contributed by atoms with E-state index in [2.05, 4.69) is 10.6 Å². The Morgan fingerprint density at radius 3 is 2.43 bits per heavy atom. The average Bonchev–Trinajstić information content (AvgIpc) is 2.37. The van der Waals surface area contributed by atoms with Crippen LogP contribution < -0.4 is 15.4 Å². The molecule has 0 aliphatic heterocycles. The van der Waals surface area contributed by atoms with Gasteiger partial charge in [0.1, 0.15) is 11.8 Å². The lowest BCUT2D eigenvalue weighted by Gasteiger charge is -2.23. The number of hydrogen-bond donors (Lipinski definition) is 2. The molecule has 1 rings (SSSR count). The molecule has 0 saturated heterocycles. The fraction of sp³-hybridized carbons (Fsp3) is 0.500. The number of methoxy groups -OCH3 is 1. The van der Waals surface area contributed by atoms with Crippen LogP contribution in [0.2, 0.25) is 0 Å². The number of alkyl halides is 3. The SMILES string of the molecule is COc1ccccc1NC(=O)CC(NC(C)C)C(F)(F)F. The smallest absolute Gasteiger partial charge is 0.404 e. The minimum Gasteiger partial charge on any atom is -0.495 e. The van der Waals surface area contributed by atoms with E-state index in [9.17, 15) is 18.0 Å². The number of rotatable bonds is 6. The van der Waals surface area contributed by atoms with E-state index in [1.54, 1.807) is 38.1 Å². The van der Waals surface area contributed by atoms with E-state index < -0.39 is 24.5 Å². The fourth-order valence-electron chi connectivity index (χ4n) is 1.81. The highest BCUT2D eigenvalue weighted by Gasteiger charge is 2.41. The number of carbonyl (C=O) groups excluding carboxylic acids is 1. The molecule has 7 heteroatoms. The van der Waals surface area contributed by atoms with Crippen molar-refractivity contribution >= 4 is 11.6 Å². The number of nitrogens with one attached hydrogen (secondary N) is 2. The third-order valence-corrected chi connectivity index (χ3v) is 2.70. The summed E-state index contributed by atoms with van der Waals surface area (Å²) in [7, 11) is 1.42. The Kier molecular flexibility index (Phi) is 6.02. The first-order valence-electron chi connectivity index (χ1n) is 6.49. The summed E-state index contributed by atoms with van der Waals surface area (Å²) in [6.07, 6.45) is -5.18. The zero-order chi connectivity index (χ0) is 16.0. The molecule has 0 aliphatic carbocycles. The van der Waals surface area contributed by atoms with Crippen molar-refractivity contribution in [1.82, 2.24) is 5.32 Å². The van der Waals surface area contributed by atoms with Gasteiger partial charge in [-0.2, -0.15) is 13.2 Å². The van der Waals surface area contributed by atoms with Crippen molar-refractivity contribution in [1.29, 1.82) is 0 Å².